The Morgan fingerprint density at radius 2 is 1.87 bits per heavy atom. The van der Waals surface area contributed by atoms with Gasteiger partial charge in [0.1, 0.15) is 11.6 Å². The third-order valence-corrected chi connectivity index (χ3v) is 7.06. The van der Waals surface area contributed by atoms with Gasteiger partial charge in [-0.25, -0.2) is 27.8 Å². The van der Waals surface area contributed by atoms with Crippen LogP contribution in [-0.4, -0.2) is 62.3 Å². The first-order chi connectivity index (χ1) is 18.1. The summed E-state index contributed by atoms with van der Waals surface area (Å²) in [5.74, 6) is -0.0315. The van der Waals surface area contributed by atoms with Crippen LogP contribution >= 0.6 is 11.6 Å². The van der Waals surface area contributed by atoms with Crippen molar-refractivity contribution in [2.45, 2.75) is 17.9 Å². The molecule has 14 heteroatoms. The number of sulfonamides is 1. The Kier molecular flexibility index (Phi) is 8.09. The van der Waals surface area contributed by atoms with Gasteiger partial charge in [0.2, 0.25) is 11.8 Å². The molecule has 1 aromatic carbocycles. The van der Waals surface area contributed by atoms with Crippen molar-refractivity contribution < 1.29 is 22.3 Å². The lowest BCUT2D eigenvalue weighted by Gasteiger charge is -2.17. The molecule has 0 aliphatic heterocycles. The van der Waals surface area contributed by atoms with Crippen LogP contribution in [0.4, 0.5) is 21.8 Å². The molecule has 4 aromatic rings. The number of nitrogens with zero attached hydrogens (tertiary/aromatic N) is 4. The summed E-state index contributed by atoms with van der Waals surface area (Å²) >= 11 is 5.95. The maximum absolute atomic E-state index is 14.8. The molecule has 11 nitrogen and oxygen atoms in total. The van der Waals surface area contributed by atoms with Crippen LogP contribution in [0.3, 0.4) is 0 Å². The number of aromatic nitrogens is 4. The Bertz CT molecular complexity index is 1590. The summed E-state index contributed by atoms with van der Waals surface area (Å²) in [6, 6.07) is 6.76. The number of benzene rings is 1. The second-order valence-corrected chi connectivity index (χ2v) is 10.3. The molecule has 0 unspecified atom stereocenters. The summed E-state index contributed by atoms with van der Waals surface area (Å²) in [5, 5.41) is 6.77. The predicted octanol–water partition coefficient (Wildman–Crippen LogP) is 4.18. The van der Waals surface area contributed by atoms with Gasteiger partial charge in [-0.1, -0.05) is 11.6 Å². The Labute approximate surface area is 223 Å². The third kappa shape index (κ3) is 6.01. The normalized spacial score (nSPS) is 12.3. The Morgan fingerprint density at radius 1 is 1.08 bits per heavy atom. The number of fused-ring (bicyclic) bond motifs is 1. The second kappa shape index (κ2) is 11.3. The fourth-order valence-electron chi connectivity index (χ4n) is 3.53. The fourth-order valence-corrected chi connectivity index (χ4v) is 4.94. The molecular weight excluding hydrogens is 537 g/mol. The maximum atomic E-state index is 14.8. The molecule has 0 fully saturated rings. The summed E-state index contributed by atoms with van der Waals surface area (Å²) in [6.45, 7) is 2.28. The molecule has 0 aliphatic carbocycles. The lowest BCUT2D eigenvalue weighted by atomic mass is 10.0. The Balaban J connectivity index is 1.79. The standard InChI is InChI=1S/C24H25ClFN7O4S/c1-13(36-3)10-28-22-19(7-15-11-30-24(27-2)32-21(15)31-22)14-5-17(26)9-18(6-14)33-38(34,35)20-8-16(25)12-29-23(20)37-4/h5-9,11-13,33H,10H2,1-4H3,(H2,27,28,30,31,32)/t13-/m0/s1. The van der Waals surface area contributed by atoms with E-state index >= 15 is 0 Å². The smallest absolute Gasteiger partial charge is 0.267 e. The van der Waals surface area contributed by atoms with E-state index < -0.39 is 15.8 Å². The highest BCUT2D eigenvalue weighted by Crippen LogP contribution is 2.33. The van der Waals surface area contributed by atoms with Gasteiger partial charge < -0.3 is 20.1 Å². The van der Waals surface area contributed by atoms with Gasteiger partial charge in [-0.05, 0) is 42.8 Å². The number of anilines is 3. The second-order valence-electron chi connectivity index (χ2n) is 8.16. The highest BCUT2D eigenvalue weighted by Gasteiger charge is 2.23. The molecule has 0 amide bonds. The fraction of sp³-hybridized carbons (Fsp3) is 0.250. The zero-order valence-corrected chi connectivity index (χ0v) is 22.5. The van der Waals surface area contributed by atoms with E-state index in [1.54, 1.807) is 26.4 Å². The van der Waals surface area contributed by atoms with Gasteiger partial charge >= 0.3 is 0 Å². The van der Waals surface area contributed by atoms with Gasteiger partial charge in [0.05, 0.1) is 23.9 Å². The largest absolute Gasteiger partial charge is 0.480 e. The molecule has 3 aromatic heterocycles. The first-order valence-corrected chi connectivity index (χ1v) is 13.1. The van der Waals surface area contributed by atoms with Crippen LogP contribution in [0.1, 0.15) is 6.92 Å². The average molecular weight is 562 g/mol. The van der Waals surface area contributed by atoms with E-state index in [0.29, 0.717) is 40.5 Å². The SMILES string of the molecule is CNc1ncc2cc(-c3cc(F)cc(NS(=O)(=O)c4cc(Cl)cnc4OC)c3)c(NC[C@H](C)OC)nc2n1. The number of hydrogen-bond acceptors (Lipinski definition) is 10. The lowest BCUT2D eigenvalue weighted by Crippen LogP contribution is -2.19. The van der Waals surface area contributed by atoms with Gasteiger partial charge in [-0.15, -0.1) is 0 Å². The van der Waals surface area contributed by atoms with Crippen LogP contribution in [0.15, 0.2) is 47.6 Å². The Morgan fingerprint density at radius 3 is 2.58 bits per heavy atom. The van der Waals surface area contributed by atoms with E-state index in [4.69, 9.17) is 21.1 Å². The van der Waals surface area contributed by atoms with Gasteiger partial charge in [0.15, 0.2) is 10.5 Å². The van der Waals surface area contributed by atoms with Crippen LogP contribution in [0.5, 0.6) is 5.88 Å². The Hall–Kier alpha value is -3.81. The minimum atomic E-state index is -4.23. The quantitative estimate of drug-likeness (QED) is 0.258. The van der Waals surface area contributed by atoms with Crippen molar-refractivity contribution >= 4 is 50.1 Å². The van der Waals surface area contributed by atoms with Crippen molar-refractivity contribution in [1.29, 1.82) is 0 Å². The average Bonchev–Trinajstić information content (AvgIpc) is 2.90. The molecule has 0 radical (unpaired) electrons. The van der Waals surface area contributed by atoms with Gasteiger partial charge in [-0.2, -0.15) is 4.98 Å². The monoisotopic (exact) mass is 561 g/mol. The van der Waals surface area contributed by atoms with Crippen molar-refractivity contribution in [3.8, 4) is 17.0 Å². The van der Waals surface area contributed by atoms with Crippen LogP contribution in [0, 0.1) is 5.82 Å². The van der Waals surface area contributed by atoms with E-state index in [1.165, 1.54) is 31.5 Å². The van der Waals surface area contributed by atoms with Gasteiger partial charge in [-0.3, -0.25) is 4.72 Å². The minimum Gasteiger partial charge on any atom is -0.480 e. The van der Waals surface area contributed by atoms with Crippen molar-refractivity contribution in [3.05, 3.63) is 53.6 Å². The van der Waals surface area contributed by atoms with E-state index in [2.05, 4.69) is 35.3 Å². The van der Waals surface area contributed by atoms with Crippen molar-refractivity contribution in [2.75, 3.05) is 43.2 Å². The summed E-state index contributed by atoms with van der Waals surface area (Å²) in [7, 11) is 0.327. The number of nitrogens with one attached hydrogen (secondary N) is 3. The summed E-state index contributed by atoms with van der Waals surface area (Å²) < 4.78 is 53.8. The highest BCUT2D eigenvalue weighted by molar-refractivity contribution is 7.92. The first-order valence-electron chi connectivity index (χ1n) is 11.3. The molecule has 0 aliphatic rings. The molecule has 3 heterocycles. The number of pyridine rings is 2. The van der Waals surface area contributed by atoms with Crippen LogP contribution in [0.2, 0.25) is 5.02 Å². The molecule has 0 saturated heterocycles. The van der Waals surface area contributed by atoms with Crippen molar-refractivity contribution in [1.82, 2.24) is 19.9 Å². The molecule has 1 atom stereocenters. The molecule has 0 bridgehead atoms. The molecule has 3 N–H and O–H groups in total. The lowest BCUT2D eigenvalue weighted by molar-refractivity contribution is 0.128. The van der Waals surface area contributed by atoms with Crippen molar-refractivity contribution in [3.63, 3.8) is 0 Å². The van der Waals surface area contributed by atoms with E-state index in [9.17, 15) is 12.8 Å². The number of rotatable bonds is 10. The topological polar surface area (TPSA) is 140 Å². The molecule has 4 rings (SSSR count). The van der Waals surface area contributed by atoms with Crippen LogP contribution in [0.25, 0.3) is 22.2 Å². The molecule has 0 saturated carbocycles. The number of halogens is 2. The molecule has 200 valence electrons. The first kappa shape index (κ1) is 27.2. The van der Waals surface area contributed by atoms with Crippen LogP contribution in [-0.2, 0) is 14.8 Å². The van der Waals surface area contributed by atoms with Gasteiger partial charge in [0.25, 0.3) is 10.0 Å². The molecule has 0 spiro atoms. The zero-order chi connectivity index (χ0) is 27.4. The van der Waals surface area contributed by atoms with Gasteiger partial charge in [0, 0.05) is 44.0 Å². The highest BCUT2D eigenvalue weighted by atomic mass is 35.5. The maximum Gasteiger partial charge on any atom is 0.267 e. The molecule has 38 heavy (non-hydrogen) atoms. The number of methoxy groups -OCH3 is 2. The predicted molar refractivity (Wildman–Crippen MR) is 144 cm³/mol. The van der Waals surface area contributed by atoms with Crippen molar-refractivity contribution in [2.24, 2.45) is 0 Å². The molecular formula is C24H25ClFN7O4S. The van der Waals surface area contributed by atoms with E-state index in [0.717, 1.165) is 6.07 Å². The number of hydrogen-bond donors (Lipinski definition) is 3. The minimum absolute atomic E-state index is 0.0277. The van der Waals surface area contributed by atoms with E-state index in [1.807, 2.05) is 6.92 Å². The zero-order valence-electron chi connectivity index (χ0n) is 20.9. The third-order valence-electron chi connectivity index (χ3n) is 5.48. The number of ether oxygens (including phenoxy) is 2. The van der Waals surface area contributed by atoms with E-state index in [-0.39, 0.29) is 27.6 Å². The summed E-state index contributed by atoms with van der Waals surface area (Å²) in [5.41, 5.74) is 1.25. The summed E-state index contributed by atoms with van der Waals surface area (Å²) in [4.78, 5) is 16.8. The summed E-state index contributed by atoms with van der Waals surface area (Å²) in [6.07, 6.45) is 2.71. The van der Waals surface area contributed by atoms with Crippen LogP contribution < -0.4 is 20.1 Å².